The number of aliphatic carboxylic acids is 1. The van der Waals surface area contributed by atoms with Crippen molar-refractivity contribution in [2.45, 2.75) is 44.6 Å². The molecule has 1 saturated carbocycles. The van der Waals surface area contributed by atoms with Gasteiger partial charge in [-0.2, -0.15) is 0 Å². The lowest BCUT2D eigenvalue weighted by atomic mass is 9.80. The van der Waals surface area contributed by atoms with E-state index >= 15 is 0 Å². The second-order valence-corrected chi connectivity index (χ2v) is 5.83. The van der Waals surface area contributed by atoms with Crippen LogP contribution in [0.15, 0.2) is 0 Å². The van der Waals surface area contributed by atoms with Gasteiger partial charge in [0.15, 0.2) is 0 Å². The molecule has 0 aromatic heterocycles. The van der Waals surface area contributed by atoms with E-state index in [-0.39, 0.29) is 17.7 Å². The topological polar surface area (TPSA) is 69.6 Å². The molecule has 0 aromatic carbocycles. The van der Waals surface area contributed by atoms with Gasteiger partial charge in [-0.3, -0.25) is 9.59 Å². The Balaban J connectivity index is 1.92. The molecule has 2 N–H and O–H groups in total. The largest absolute Gasteiger partial charge is 0.481 e. The minimum Gasteiger partial charge on any atom is -0.481 e. The third-order valence-electron chi connectivity index (χ3n) is 4.58. The second-order valence-electron chi connectivity index (χ2n) is 5.83. The Hall–Kier alpha value is -1.10. The number of nitrogens with one attached hydrogen (secondary N) is 1. The van der Waals surface area contributed by atoms with Crippen LogP contribution in [0, 0.1) is 11.8 Å². The van der Waals surface area contributed by atoms with E-state index in [2.05, 4.69) is 5.32 Å². The number of amides is 1. The highest BCUT2D eigenvalue weighted by atomic mass is 16.4. The number of hydrogen-bond acceptors (Lipinski definition) is 3. The summed E-state index contributed by atoms with van der Waals surface area (Å²) in [6, 6.07) is 0.318. The summed E-state index contributed by atoms with van der Waals surface area (Å²) in [5, 5.41) is 12.4. The fourth-order valence-electron chi connectivity index (χ4n) is 3.30. The Labute approximate surface area is 114 Å². The van der Waals surface area contributed by atoms with E-state index in [4.69, 9.17) is 5.11 Å². The van der Waals surface area contributed by atoms with E-state index in [0.717, 1.165) is 45.2 Å². The molecule has 2 atom stereocenters. The normalized spacial score (nSPS) is 28.9. The highest BCUT2D eigenvalue weighted by Gasteiger charge is 2.34. The van der Waals surface area contributed by atoms with E-state index in [1.54, 1.807) is 0 Å². The number of nitrogens with zero attached hydrogens (tertiary/aromatic N) is 1. The first kappa shape index (κ1) is 14.3. The van der Waals surface area contributed by atoms with E-state index < -0.39 is 5.97 Å². The quantitative estimate of drug-likeness (QED) is 0.804. The molecule has 1 aliphatic carbocycles. The molecule has 0 spiro atoms. The zero-order valence-corrected chi connectivity index (χ0v) is 11.6. The van der Waals surface area contributed by atoms with Gasteiger partial charge in [-0.1, -0.05) is 6.42 Å². The van der Waals surface area contributed by atoms with Gasteiger partial charge in [0.05, 0.1) is 5.92 Å². The van der Waals surface area contributed by atoms with Gasteiger partial charge in [-0.05, 0) is 45.2 Å². The van der Waals surface area contributed by atoms with Crippen molar-refractivity contribution in [1.82, 2.24) is 10.2 Å². The summed E-state index contributed by atoms with van der Waals surface area (Å²) in [5.74, 6) is -1.02. The summed E-state index contributed by atoms with van der Waals surface area (Å²) in [6.07, 6.45) is 4.93. The van der Waals surface area contributed by atoms with Crippen LogP contribution in [0.3, 0.4) is 0 Å². The summed E-state index contributed by atoms with van der Waals surface area (Å²) >= 11 is 0. The predicted molar refractivity (Wildman–Crippen MR) is 71.7 cm³/mol. The van der Waals surface area contributed by atoms with Gasteiger partial charge in [0.2, 0.25) is 5.91 Å². The Morgan fingerprint density at radius 3 is 2.37 bits per heavy atom. The molecule has 2 unspecified atom stereocenters. The van der Waals surface area contributed by atoms with Crippen molar-refractivity contribution < 1.29 is 14.7 Å². The van der Waals surface area contributed by atoms with Crippen LogP contribution in [-0.4, -0.2) is 48.1 Å². The van der Waals surface area contributed by atoms with Crippen LogP contribution in [0.5, 0.6) is 0 Å². The average Bonchev–Trinajstić information content (AvgIpc) is 2.46. The summed E-state index contributed by atoms with van der Waals surface area (Å²) in [5.41, 5.74) is 0. The predicted octanol–water partition coefficient (Wildman–Crippen LogP) is 1.09. The summed E-state index contributed by atoms with van der Waals surface area (Å²) in [6.45, 7) is 1.93. The number of piperidine rings is 1. The highest BCUT2D eigenvalue weighted by molar-refractivity contribution is 5.80. The van der Waals surface area contributed by atoms with Gasteiger partial charge in [-0.15, -0.1) is 0 Å². The number of carboxylic acids is 1. The molecule has 2 rings (SSSR count). The van der Waals surface area contributed by atoms with Crippen molar-refractivity contribution in [1.29, 1.82) is 0 Å². The number of carbonyl (C=O) groups is 2. The molecule has 108 valence electrons. The maximum Gasteiger partial charge on any atom is 0.306 e. The van der Waals surface area contributed by atoms with Crippen LogP contribution in [0.1, 0.15) is 38.5 Å². The lowest BCUT2D eigenvalue weighted by molar-refractivity contribution is -0.145. The fourth-order valence-corrected chi connectivity index (χ4v) is 3.30. The van der Waals surface area contributed by atoms with Crippen molar-refractivity contribution in [2.24, 2.45) is 11.8 Å². The van der Waals surface area contributed by atoms with Crippen molar-refractivity contribution in [2.75, 3.05) is 20.1 Å². The standard InChI is InChI=1S/C14H24N2O3/c1-16(12-5-7-15-8-6-12)13(17)10-3-2-4-11(9-10)14(18)19/h10-12,15H,2-9H2,1H3,(H,18,19). The Morgan fingerprint density at radius 1 is 1.11 bits per heavy atom. The first-order chi connectivity index (χ1) is 9.09. The van der Waals surface area contributed by atoms with Crippen LogP contribution in [0.2, 0.25) is 0 Å². The number of rotatable bonds is 3. The smallest absolute Gasteiger partial charge is 0.306 e. The first-order valence-corrected chi connectivity index (χ1v) is 7.29. The number of carboxylic acid groups (broad SMARTS) is 1. The molecule has 1 amide bonds. The van der Waals surface area contributed by atoms with Gasteiger partial charge >= 0.3 is 5.97 Å². The Bertz CT molecular complexity index is 340. The molecule has 19 heavy (non-hydrogen) atoms. The molecule has 1 saturated heterocycles. The van der Waals surface area contributed by atoms with E-state index in [9.17, 15) is 9.59 Å². The van der Waals surface area contributed by atoms with Gasteiger partial charge in [0, 0.05) is 19.0 Å². The first-order valence-electron chi connectivity index (χ1n) is 7.29. The molecule has 1 aliphatic heterocycles. The lowest BCUT2D eigenvalue weighted by Gasteiger charge is -2.35. The third-order valence-corrected chi connectivity index (χ3v) is 4.58. The molecular formula is C14H24N2O3. The van der Waals surface area contributed by atoms with Crippen LogP contribution in [-0.2, 0) is 9.59 Å². The summed E-state index contributed by atoms with van der Waals surface area (Å²) in [4.78, 5) is 25.4. The zero-order chi connectivity index (χ0) is 13.8. The van der Waals surface area contributed by atoms with Crippen molar-refractivity contribution in [3.8, 4) is 0 Å². The van der Waals surface area contributed by atoms with E-state index in [0.29, 0.717) is 12.5 Å². The van der Waals surface area contributed by atoms with Crippen molar-refractivity contribution in [3.63, 3.8) is 0 Å². The van der Waals surface area contributed by atoms with Gasteiger partial charge in [0.25, 0.3) is 0 Å². The summed E-state index contributed by atoms with van der Waals surface area (Å²) in [7, 11) is 1.88. The molecule has 2 aliphatic rings. The molecule has 0 aromatic rings. The van der Waals surface area contributed by atoms with E-state index in [1.165, 1.54) is 0 Å². The SMILES string of the molecule is CN(C(=O)C1CCCC(C(=O)O)C1)C1CCNCC1. The molecule has 1 heterocycles. The number of hydrogen-bond donors (Lipinski definition) is 2. The van der Waals surface area contributed by atoms with Crippen molar-refractivity contribution >= 4 is 11.9 Å². The fraction of sp³-hybridized carbons (Fsp3) is 0.857. The molecule has 5 nitrogen and oxygen atoms in total. The minimum atomic E-state index is -0.748. The monoisotopic (exact) mass is 268 g/mol. The second kappa shape index (κ2) is 6.37. The Kier molecular flexibility index (Phi) is 4.80. The zero-order valence-electron chi connectivity index (χ0n) is 11.6. The van der Waals surface area contributed by atoms with Crippen molar-refractivity contribution in [3.05, 3.63) is 0 Å². The molecule has 2 fully saturated rings. The van der Waals surface area contributed by atoms with Crippen LogP contribution in [0.4, 0.5) is 0 Å². The highest BCUT2D eigenvalue weighted by Crippen LogP contribution is 2.31. The van der Waals surface area contributed by atoms with Crippen LogP contribution >= 0.6 is 0 Å². The average molecular weight is 268 g/mol. The van der Waals surface area contributed by atoms with Gasteiger partial charge in [-0.25, -0.2) is 0 Å². The lowest BCUT2D eigenvalue weighted by Crippen LogP contribution is -2.47. The maximum absolute atomic E-state index is 12.5. The minimum absolute atomic E-state index is 0.0882. The Morgan fingerprint density at radius 2 is 1.74 bits per heavy atom. The third kappa shape index (κ3) is 3.47. The maximum atomic E-state index is 12.5. The summed E-state index contributed by atoms with van der Waals surface area (Å²) < 4.78 is 0. The van der Waals surface area contributed by atoms with Crippen LogP contribution in [0.25, 0.3) is 0 Å². The molecular weight excluding hydrogens is 244 g/mol. The molecule has 0 radical (unpaired) electrons. The van der Waals surface area contributed by atoms with Gasteiger partial charge in [0.1, 0.15) is 0 Å². The van der Waals surface area contributed by atoms with Crippen LogP contribution < -0.4 is 5.32 Å². The van der Waals surface area contributed by atoms with E-state index in [1.807, 2.05) is 11.9 Å². The molecule has 0 bridgehead atoms. The molecule has 5 heteroatoms. The van der Waals surface area contributed by atoms with Gasteiger partial charge < -0.3 is 15.3 Å². The number of carbonyl (C=O) groups excluding carboxylic acids is 1.